The number of oxazole rings is 1. The maximum absolute atomic E-state index is 12.8. The van der Waals surface area contributed by atoms with Crippen LogP contribution in [0.4, 0.5) is 0 Å². The van der Waals surface area contributed by atoms with E-state index >= 15 is 0 Å². The van der Waals surface area contributed by atoms with E-state index in [-0.39, 0.29) is 13.0 Å². The maximum atomic E-state index is 12.8. The first kappa shape index (κ1) is 28.4. The molecule has 1 saturated heterocycles. The molecule has 38 heavy (non-hydrogen) atoms. The first-order valence-electron chi connectivity index (χ1n) is 11.6. The number of hydrogen-bond acceptors (Lipinski definition) is 12. The number of carbonyl (C=O) groups is 5. The van der Waals surface area contributed by atoms with E-state index in [1.54, 1.807) is 24.3 Å². The maximum Gasteiger partial charge on any atom is 0.419 e. The Balaban J connectivity index is 1.85. The Hall–Kier alpha value is -4.20. The van der Waals surface area contributed by atoms with Gasteiger partial charge in [-0.2, -0.15) is 0 Å². The zero-order valence-corrected chi connectivity index (χ0v) is 21.2. The van der Waals surface area contributed by atoms with Gasteiger partial charge in [-0.05, 0) is 12.1 Å². The number of nitrogens with one attached hydrogen (secondary N) is 1. The molecule has 14 nitrogen and oxygen atoms in total. The molecular formula is C24H28N2O12. The largest absolute Gasteiger partial charge is 0.463 e. The van der Waals surface area contributed by atoms with Gasteiger partial charge in [0.05, 0.1) is 11.9 Å². The van der Waals surface area contributed by atoms with Gasteiger partial charge in [-0.15, -0.1) is 0 Å². The van der Waals surface area contributed by atoms with E-state index in [4.69, 9.17) is 28.1 Å². The van der Waals surface area contributed by atoms with E-state index in [1.165, 1.54) is 11.5 Å². The van der Waals surface area contributed by atoms with Gasteiger partial charge in [0, 0.05) is 34.2 Å². The van der Waals surface area contributed by atoms with Gasteiger partial charge < -0.3 is 33.4 Å². The van der Waals surface area contributed by atoms with Crippen molar-refractivity contribution < 1.29 is 52.1 Å². The fraction of sp³-hybridized carbons (Fsp3) is 0.500. The van der Waals surface area contributed by atoms with E-state index < -0.39 is 72.8 Å². The number of rotatable bonds is 9. The number of aromatic nitrogens is 1. The molecule has 3 rings (SSSR count). The summed E-state index contributed by atoms with van der Waals surface area (Å²) in [6, 6.07) is 5.37. The minimum atomic E-state index is -1.54. The zero-order valence-electron chi connectivity index (χ0n) is 21.2. The molecule has 2 aromatic rings. The number of carbonyl (C=O) groups excluding carboxylic acids is 5. The summed E-state index contributed by atoms with van der Waals surface area (Å²) in [5.74, 6) is -4.31. The summed E-state index contributed by atoms with van der Waals surface area (Å²) in [5.41, 5.74) is 0.831. The monoisotopic (exact) mass is 536 g/mol. The van der Waals surface area contributed by atoms with Crippen molar-refractivity contribution in [2.75, 3.05) is 6.61 Å². The average molecular weight is 536 g/mol. The second kappa shape index (κ2) is 12.4. The molecule has 2 heterocycles. The zero-order chi connectivity index (χ0) is 28.0. The molecule has 1 fully saturated rings. The number of amides is 1. The number of esters is 4. The Morgan fingerprint density at radius 2 is 1.58 bits per heavy atom. The van der Waals surface area contributed by atoms with Gasteiger partial charge in [0.2, 0.25) is 12.2 Å². The fourth-order valence-electron chi connectivity index (χ4n) is 4.01. The van der Waals surface area contributed by atoms with Crippen molar-refractivity contribution in [3.05, 3.63) is 34.8 Å². The van der Waals surface area contributed by atoms with Crippen LogP contribution < -0.4 is 11.1 Å². The number of fused-ring (bicyclic) bond motifs is 1. The molecule has 1 amide bonds. The molecule has 5 atom stereocenters. The molecule has 5 unspecified atom stereocenters. The van der Waals surface area contributed by atoms with Crippen LogP contribution in [0, 0.1) is 0 Å². The topological polar surface area (TPSA) is 179 Å². The number of nitrogens with zero attached hydrogens (tertiary/aromatic N) is 1. The highest BCUT2D eigenvalue weighted by molar-refractivity contribution is 5.75. The molecule has 0 aliphatic carbocycles. The molecule has 0 saturated carbocycles. The van der Waals surface area contributed by atoms with Crippen molar-refractivity contribution in [2.45, 2.75) is 71.3 Å². The molecule has 0 bridgehead atoms. The number of benzene rings is 1. The normalized spacial score (nSPS) is 22.8. The van der Waals surface area contributed by atoms with E-state index in [0.717, 1.165) is 20.8 Å². The second-order valence-corrected chi connectivity index (χ2v) is 8.45. The second-order valence-electron chi connectivity index (χ2n) is 8.45. The number of para-hydroxylation sites is 2. The summed E-state index contributed by atoms with van der Waals surface area (Å²) in [6.07, 6.45) is -5.75. The highest BCUT2D eigenvalue weighted by atomic mass is 16.7. The number of ether oxygens (including phenoxy) is 5. The Kier molecular flexibility index (Phi) is 9.23. The first-order chi connectivity index (χ1) is 18.0. The third kappa shape index (κ3) is 7.18. The van der Waals surface area contributed by atoms with E-state index in [9.17, 15) is 28.8 Å². The lowest BCUT2D eigenvalue weighted by molar-refractivity contribution is -0.271. The molecule has 1 aromatic heterocycles. The number of hydrogen-bond donors (Lipinski definition) is 1. The lowest BCUT2D eigenvalue weighted by Crippen LogP contribution is -2.66. The van der Waals surface area contributed by atoms with Crippen molar-refractivity contribution in [3.63, 3.8) is 0 Å². The van der Waals surface area contributed by atoms with Crippen LogP contribution in [-0.4, -0.2) is 71.6 Å². The van der Waals surface area contributed by atoms with Crippen LogP contribution in [0.3, 0.4) is 0 Å². The van der Waals surface area contributed by atoms with Crippen LogP contribution in [0.1, 0.15) is 34.1 Å². The molecule has 14 heteroatoms. The van der Waals surface area contributed by atoms with Gasteiger partial charge in [0.15, 0.2) is 17.8 Å². The summed E-state index contributed by atoms with van der Waals surface area (Å²) in [6.45, 7) is 3.99. The van der Waals surface area contributed by atoms with Crippen LogP contribution in [0.15, 0.2) is 33.5 Å². The Morgan fingerprint density at radius 3 is 2.21 bits per heavy atom. The average Bonchev–Trinajstić information content (AvgIpc) is 3.14. The van der Waals surface area contributed by atoms with Crippen LogP contribution in [0.25, 0.3) is 11.1 Å². The highest BCUT2D eigenvalue weighted by Gasteiger charge is 2.52. The minimum absolute atomic E-state index is 0.0907. The molecule has 206 valence electrons. The molecule has 1 aromatic carbocycles. The lowest BCUT2D eigenvalue weighted by Gasteiger charge is -2.44. The molecule has 0 radical (unpaired) electrons. The van der Waals surface area contributed by atoms with E-state index in [2.05, 4.69) is 5.32 Å². The van der Waals surface area contributed by atoms with Gasteiger partial charge in [-0.1, -0.05) is 12.1 Å². The number of aryl methyl sites for hydroxylation is 1. The van der Waals surface area contributed by atoms with Gasteiger partial charge in [-0.3, -0.25) is 28.5 Å². The van der Waals surface area contributed by atoms with Crippen LogP contribution >= 0.6 is 0 Å². The summed E-state index contributed by atoms with van der Waals surface area (Å²) >= 11 is 0. The molecule has 0 spiro atoms. The summed E-state index contributed by atoms with van der Waals surface area (Å²) < 4.78 is 33.3. The quantitative estimate of drug-likeness (QED) is 0.340. The van der Waals surface area contributed by atoms with Crippen LogP contribution in [0.5, 0.6) is 0 Å². The van der Waals surface area contributed by atoms with Crippen molar-refractivity contribution in [2.24, 2.45) is 0 Å². The van der Waals surface area contributed by atoms with Gasteiger partial charge in [0.25, 0.3) is 0 Å². The Labute approximate surface area is 216 Å². The first-order valence-corrected chi connectivity index (χ1v) is 11.6. The summed E-state index contributed by atoms with van der Waals surface area (Å²) in [7, 11) is 0. The van der Waals surface area contributed by atoms with Crippen molar-refractivity contribution in [1.82, 2.24) is 9.88 Å². The van der Waals surface area contributed by atoms with Crippen molar-refractivity contribution >= 4 is 40.9 Å². The Morgan fingerprint density at radius 1 is 0.921 bits per heavy atom. The summed E-state index contributed by atoms with van der Waals surface area (Å²) in [5, 5.41) is 2.50. The van der Waals surface area contributed by atoms with Crippen LogP contribution in [0.2, 0.25) is 0 Å². The predicted octanol–water partition coefficient (Wildman–Crippen LogP) is 0.184. The summed E-state index contributed by atoms with van der Waals surface area (Å²) in [4.78, 5) is 72.1. The van der Waals surface area contributed by atoms with Crippen molar-refractivity contribution in [3.8, 4) is 0 Å². The van der Waals surface area contributed by atoms with E-state index in [0.29, 0.717) is 11.1 Å². The van der Waals surface area contributed by atoms with Crippen LogP contribution in [-0.2, 0) is 54.2 Å². The van der Waals surface area contributed by atoms with Gasteiger partial charge >= 0.3 is 29.6 Å². The van der Waals surface area contributed by atoms with Gasteiger partial charge in [0.1, 0.15) is 18.8 Å². The minimum Gasteiger partial charge on any atom is -0.463 e. The van der Waals surface area contributed by atoms with E-state index in [1.807, 2.05) is 0 Å². The molecule has 1 N–H and O–H groups in total. The van der Waals surface area contributed by atoms with Crippen molar-refractivity contribution in [1.29, 1.82) is 0 Å². The third-order valence-electron chi connectivity index (χ3n) is 5.43. The molecule has 1 aliphatic rings. The molecular weight excluding hydrogens is 508 g/mol. The standard InChI is InChI=1S/C24H28N2O12/c1-12(27)25-20-22(35-15(4)30)21(34-14(3)29)18(11-33-13(2)28)36-23(20)38-19(31)9-10-26-16-7-5-6-8-17(16)37-24(26)32/h5-8,18,20-23H,9-11H2,1-4H3,(H,25,27). The fourth-order valence-corrected chi connectivity index (χ4v) is 4.01. The third-order valence-corrected chi connectivity index (χ3v) is 5.43. The predicted molar refractivity (Wildman–Crippen MR) is 125 cm³/mol. The SMILES string of the molecule is CC(=O)NC1C(OC(=O)CCn2c(=O)oc3ccccc32)OC(COC(C)=O)C(OC(C)=O)C1OC(C)=O. The highest BCUT2D eigenvalue weighted by Crippen LogP contribution is 2.28. The van der Waals surface area contributed by atoms with Gasteiger partial charge in [-0.25, -0.2) is 4.79 Å². The Bertz CT molecular complexity index is 1260. The molecule has 1 aliphatic heterocycles. The lowest BCUT2D eigenvalue weighted by atomic mass is 9.96. The smallest absolute Gasteiger partial charge is 0.419 e.